The summed E-state index contributed by atoms with van der Waals surface area (Å²) in [5.41, 5.74) is 5.26. The van der Waals surface area contributed by atoms with Gasteiger partial charge >= 0.3 is 6.18 Å². The van der Waals surface area contributed by atoms with Gasteiger partial charge < -0.3 is 11.1 Å². The number of pyridine rings is 1. The maximum Gasteiger partial charge on any atom is 0.418 e. The predicted molar refractivity (Wildman–Crippen MR) is 68.4 cm³/mol. The Kier molecular flexibility index (Phi) is 3.53. The number of benzene rings is 1. The van der Waals surface area contributed by atoms with Gasteiger partial charge in [0.05, 0.1) is 28.8 Å². The van der Waals surface area contributed by atoms with Gasteiger partial charge in [0.25, 0.3) is 0 Å². The van der Waals surface area contributed by atoms with Gasteiger partial charge in [-0.1, -0.05) is 11.6 Å². The van der Waals surface area contributed by atoms with Gasteiger partial charge in [0, 0.05) is 11.2 Å². The molecule has 0 aliphatic heterocycles. The fraction of sp³-hybridized carbons (Fsp3) is 0.0833. The van der Waals surface area contributed by atoms with E-state index in [-0.39, 0.29) is 16.4 Å². The van der Waals surface area contributed by atoms with Crippen LogP contribution in [0.2, 0.25) is 5.02 Å². The van der Waals surface area contributed by atoms with Crippen molar-refractivity contribution in [3.05, 3.63) is 47.2 Å². The van der Waals surface area contributed by atoms with E-state index in [2.05, 4.69) is 10.3 Å². The summed E-state index contributed by atoms with van der Waals surface area (Å²) in [5, 5.41) is 2.65. The maximum absolute atomic E-state index is 12.9. The molecule has 2 rings (SSSR count). The minimum Gasteiger partial charge on any atom is -0.396 e. The zero-order chi connectivity index (χ0) is 14.0. The van der Waals surface area contributed by atoms with Crippen molar-refractivity contribution in [2.24, 2.45) is 0 Å². The molecule has 0 amide bonds. The van der Waals surface area contributed by atoms with Crippen molar-refractivity contribution < 1.29 is 13.2 Å². The number of hydrogen-bond donors (Lipinski definition) is 2. The minimum absolute atomic E-state index is 0.0144. The van der Waals surface area contributed by atoms with Crippen molar-refractivity contribution >= 4 is 28.7 Å². The number of halogens is 4. The number of nitrogen functional groups attached to an aromatic ring is 1. The first-order chi connectivity index (χ1) is 8.88. The van der Waals surface area contributed by atoms with E-state index in [1.54, 1.807) is 0 Å². The highest BCUT2D eigenvalue weighted by Gasteiger charge is 2.33. The zero-order valence-electron chi connectivity index (χ0n) is 9.50. The van der Waals surface area contributed by atoms with E-state index in [1.165, 1.54) is 30.6 Å². The summed E-state index contributed by atoms with van der Waals surface area (Å²) in [7, 11) is 0. The minimum atomic E-state index is -4.50. The smallest absolute Gasteiger partial charge is 0.396 e. The fourth-order valence-corrected chi connectivity index (χ4v) is 1.70. The first-order valence-corrected chi connectivity index (χ1v) is 5.59. The lowest BCUT2D eigenvalue weighted by Crippen LogP contribution is -2.09. The molecule has 0 spiro atoms. The van der Waals surface area contributed by atoms with Crippen LogP contribution in [0.4, 0.5) is 30.2 Å². The molecule has 0 bridgehead atoms. The van der Waals surface area contributed by atoms with Gasteiger partial charge in [-0.2, -0.15) is 13.2 Å². The summed E-state index contributed by atoms with van der Waals surface area (Å²) in [4.78, 5) is 3.76. The number of rotatable bonds is 2. The number of anilines is 3. The summed E-state index contributed by atoms with van der Waals surface area (Å²) >= 11 is 5.59. The van der Waals surface area contributed by atoms with E-state index in [4.69, 9.17) is 17.3 Å². The summed E-state index contributed by atoms with van der Waals surface area (Å²) in [6, 6.07) is 4.98. The molecule has 19 heavy (non-hydrogen) atoms. The van der Waals surface area contributed by atoms with Crippen LogP contribution in [0.15, 0.2) is 36.7 Å². The lowest BCUT2D eigenvalue weighted by Gasteiger charge is -2.15. The Labute approximate surface area is 112 Å². The Morgan fingerprint density at radius 2 is 1.89 bits per heavy atom. The summed E-state index contributed by atoms with van der Waals surface area (Å²) in [6.07, 6.45) is -1.72. The normalized spacial score (nSPS) is 11.4. The molecule has 1 aromatic carbocycles. The molecule has 1 aromatic heterocycles. The molecule has 0 fully saturated rings. The molecule has 0 saturated carbocycles. The first-order valence-electron chi connectivity index (χ1n) is 5.21. The van der Waals surface area contributed by atoms with Crippen molar-refractivity contribution in [2.45, 2.75) is 6.18 Å². The second-order valence-corrected chi connectivity index (χ2v) is 4.21. The third-order valence-corrected chi connectivity index (χ3v) is 2.64. The quantitative estimate of drug-likeness (QED) is 0.875. The Morgan fingerprint density at radius 1 is 1.16 bits per heavy atom. The van der Waals surface area contributed by atoms with E-state index in [9.17, 15) is 13.2 Å². The molecule has 1 heterocycles. The van der Waals surface area contributed by atoms with Crippen LogP contribution < -0.4 is 11.1 Å². The van der Waals surface area contributed by atoms with Gasteiger partial charge in [0.1, 0.15) is 0 Å². The SMILES string of the molecule is Nc1cnccc1Nc1ccc(Cl)cc1C(F)(F)F. The van der Waals surface area contributed by atoms with E-state index in [0.29, 0.717) is 5.69 Å². The monoisotopic (exact) mass is 287 g/mol. The second kappa shape index (κ2) is 4.97. The van der Waals surface area contributed by atoms with Crippen molar-refractivity contribution in [2.75, 3.05) is 11.1 Å². The average molecular weight is 288 g/mol. The Hall–Kier alpha value is -1.95. The molecular formula is C12H9ClF3N3. The molecule has 0 radical (unpaired) electrons. The number of alkyl halides is 3. The number of nitrogens with zero attached hydrogens (tertiary/aromatic N) is 1. The molecule has 0 saturated heterocycles. The van der Waals surface area contributed by atoms with Gasteiger partial charge in [-0.3, -0.25) is 4.98 Å². The van der Waals surface area contributed by atoms with Crippen LogP contribution >= 0.6 is 11.6 Å². The van der Waals surface area contributed by atoms with Crippen LogP contribution in [0.3, 0.4) is 0 Å². The number of hydrogen-bond acceptors (Lipinski definition) is 3. The van der Waals surface area contributed by atoms with E-state index in [0.717, 1.165) is 6.07 Å². The molecule has 0 atom stereocenters. The average Bonchev–Trinajstić information content (AvgIpc) is 2.33. The van der Waals surface area contributed by atoms with E-state index >= 15 is 0 Å². The van der Waals surface area contributed by atoms with Crippen molar-refractivity contribution in [1.29, 1.82) is 0 Å². The molecule has 0 aliphatic carbocycles. The van der Waals surface area contributed by atoms with Crippen LogP contribution in [0.25, 0.3) is 0 Å². The van der Waals surface area contributed by atoms with Gasteiger partial charge in [-0.25, -0.2) is 0 Å². The number of aromatic nitrogens is 1. The maximum atomic E-state index is 12.9. The molecule has 7 heteroatoms. The molecule has 0 unspecified atom stereocenters. The van der Waals surface area contributed by atoms with E-state index < -0.39 is 11.7 Å². The van der Waals surface area contributed by atoms with Gasteiger partial charge in [-0.05, 0) is 24.3 Å². The lowest BCUT2D eigenvalue weighted by atomic mass is 10.1. The lowest BCUT2D eigenvalue weighted by molar-refractivity contribution is -0.136. The van der Waals surface area contributed by atoms with Crippen LogP contribution in [0.5, 0.6) is 0 Å². The highest BCUT2D eigenvalue weighted by Crippen LogP contribution is 2.38. The van der Waals surface area contributed by atoms with Crippen molar-refractivity contribution in [3.63, 3.8) is 0 Å². The number of nitrogens with one attached hydrogen (secondary N) is 1. The Morgan fingerprint density at radius 3 is 2.53 bits per heavy atom. The van der Waals surface area contributed by atoms with Gasteiger partial charge in [0.2, 0.25) is 0 Å². The third-order valence-electron chi connectivity index (χ3n) is 2.41. The largest absolute Gasteiger partial charge is 0.418 e. The summed E-state index contributed by atoms with van der Waals surface area (Å²) in [6.45, 7) is 0. The molecule has 2 aromatic rings. The second-order valence-electron chi connectivity index (χ2n) is 3.78. The van der Waals surface area contributed by atoms with Crippen molar-refractivity contribution in [1.82, 2.24) is 4.98 Å². The molecule has 100 valence electrons. The third kappa shape index (κ3) is 3.08. The van der Waals surface area contributed by atoms with Crippen LogP contribution in [-0.2, 0) is 6.18 Å². The molecule has 0 aliphatic rings. The summed E-state index contributed by atoms with van der Waals surface area (Å²) in [5.74, 6) is 0. The molecule has 3 N–H and O–H groups in total. The van der Waals surface area contributed by atoms with E-state index in [1.807, 2.05) is 0 Å². The standard InChI is InChI=1S/C12H9ClF3N3/c13-7-1-2-10(8(5-7)12(14,15)16)19-11-3-4-18-6-9(11)17/h1-6H,17H2,(H,18,19). The van der Waals surface area contributed by atoms with Crippen LogP contribution in [0, 0.1) is 0 Å². The first kappa shape index (κ1) is 13.5. The van der Waals surface area contributed by atoms with Crippen LogP contribution in [0.1, 0.15) is 5.56 Å². The number of nitrogens with two attached hydrogens (primary N) is 1. The Balaban J connectivity index is 2.44. The highest BCUT2D eigenvalue weighted by molar-refractivity contribution is 6.30. The van der Waals surface area contributed by atoms with Gasteiger partial charge in [-0.15, -0.1) is 0 Å². The topological polar surface area (TPSA) is 50.9 Å². The highest BCUT2D eigenvalue weighted by atomic mass is 35.5. The zero-order valence-corrected chi connectivity index (χ0v) is 10.3. The summed E-state index contributed by atoms with van der Waals surface area (Å²) < 4.78 is 38.7. The molecular weight excluding hydrogens is 279 g/mol. The Bertz CT molecular complexity index is 599. The van der Waals surface area contributed by atoms with Crippen LogP contribution in [-0.4, -0.2) is 4.98 Å². The van der Waals surface area contributed by atoms with Gasteiger partial charge in [0.15, 0.2) is 0 Å². The fourth-order valence-electron chi connectivity index (χ4n) is 1.53. The molecule has 3 nitrogen and oxygen atoms in total. The predicted octanol–water partition coefficient (Wildman–Crippen LogP) is 4.08. The van der Waals surface area contributed by atoms with Crippen molar-refractivity contribution in [3.8, 4) is 0 Å².